The molecule has 0 amide bonds. The second-order valence-corrected chi connectivity index (χ2v) is 5.04. The van der Waals surface area contributed by atoms with Crippen molar-refractivity contribution >= 4 is 17.4 Å². The van der Waals surface area contributed by atoms with Crippen LogP contribution in [0, 0.1) is 0 Å². The van der Waals surface area contributed by atoms with Gasteiger partial charge in [0.25, 0.3) is 0 Å². The van der Waals surface area contributed by atoms with Crippen molar-refractivity contribution in [3.63, 3.8) is 0 Å². The molecule has 1 atom stereocenters. The monoisotopic (exact) mass is 267 g/mol. The van der Waals surface area contributed by atoms with Gasteiger partial charge in [0.15, 0.2) is 5.78 Å². The number of ether oxygens (including phenoxy) is 1. The maximum atomic E-state index is 12.3. The molecule has 0 heterocycles. The van der Waals surface area contributed by atoms with E-state index in [1.54, 1.807) is 13.2 Å². The predicted molar refractivity (Wildman–Crippen MR) is 72.2 cm³/mol. The van der Waals surface area contributed by atoms with Gasteiger partial charge in [0.1, 0.15) is 11.3 Å². The number of hydrogen-bond acceptors (Lipinski definition) is 3. The molecule has 0 aromatic heterocycles. The standard InChI is InChI=1S/C14H18ClNO2/c1-16-14(8-4-3-5-13(14)17)11-7-6-10(18-2)9-12(11)15/h6-7,9,16H,3-5,8H2,1-2H3. The zero-order valence-corrected chi connectivity index (χ0v) is 11.5. The molecule has 3 nitrogen and oxygen atoms in total. The smallest absolute Gasteiger partial charge is 0.157 e. The Morgan fingerprint density at radius 2 is 2.17 bits per heavy atom. The van der Waals surface area contributed by atoms with E-state index >= 15 is 0 Å². The van der Waals surface area contributed by atoms with Crippen LogP contribution >= 0.6 is 11.6 Å². The van der Waals surface area contributed by atoms with Gasteiger partial charge in [-0.1, -0.05) is 24.1 Å². The lowest BCUT2D eigenvalue weighted by Crippen LogP contribution is -2.49. The minimum atomic E-state index is -0.623. The average molecular weight is 268 g/mol. The lowest BCUT2D eigenvalue weighted by Gasteiger charge is -2.36. The summed E-state index contributed by atoms with van der Waals surface area (Å²) in [7, 11) is 3.43. The molecule has 1 aromatic rings. The maximum Gasteiger partial charge on any atom is 0.157 e. The van der Waals surface area contributed by atoms with E-state index < -0.39 is 5.54 Å². The average Bonchev–Trinajstić information content (AvgIpc) is 2.40. The highest BCUT2D eigenvalue weighted by molar-refractivity contribution is 6.32. The first-order valence-corrected chi connectivity index (χ1v) is 6.58. The summed E-state index contributed by atoms with van der Waals surface area (Å²) in [5.41, 5.74) is 0.235. The fraction of sp³-hybridized carbons (Fsp3) is 0.500. The molecule has 2 rings (SSSR count). The largest absolute Gasteiger partial charge is 0.497 e. The summed E-state index contributed by atoms with van der Waals surface area (Å²) in [6.45, 7) is 0. The van der Waals surface area contributed by atoms with E-state index in [0.29, 0.717) is 17.2 Å². The molecular weight excluding hydrogens is 250 g/mol. The summed E-state index contributed by atoms with van der Waals surface area (Å²) in [6, 6.07) is 5.50. The van der Waals surface area contributed by atoms with Crippen molar-refractivity contribution in [3.8, 4) is 5.75 Å². The van der Waals surface area contributed by atoms with Gasteiger partial charge in [0.05, 0.1) is 7.11 Å². The van der Waals surface area contributed by atoms with Gasteiger partial charge >= 0.3 is 0 Å². The Balaban J connectivity index is 2.46. The van der Waals surface area contributed by atoms with Crippen molar-refractivity contribution in [2.24, 2.45) is 0 Å². The number of carbonyl (C=O) groups is 1. The third-order valence-corrected chi connectivity index (χ3v) is 4.06. The van der Waals surface area contributed by atoms with Crippen molar-refractivity contribution in [3.05, 3.63) is 28.8 Å². The Morgan fingerprint density at radius 3 is 2.72 bits per heavy atom. The number of halogens is 1. The maximum absolute atomic E-state index is 12.3. The van der Waals surface area contributed by atoms with Gasteiger partial charge in [-0.3, -0.25) is 4.79 Å². The molecular formula is C14H18ClNO2. The number of likely N-dealkylation sites (N-methyl/N-ethyl adjacent to an activating group) is 1. The van der Waals surface area contributed by atoms with Gasteiger partial charge in [0, 0.05) is 11.4 Å². The van der Waals surface area contributed by atoms with E-state index in [9.17, 15) is 4.79 Å². The fourth-order valence-corrected chi connectivity index (χ4v) is 3.01. The molecule has 0 radical (unpaired) electrons. The van der Waals surface area contributed by atoms with Gasteiger partial charge in [-0.25, -0.2) is 0 Å². The second kappa shape index (κ2) is 5.29. The molecule has 1 saturated carbocycles. The van der Waals surface area contributed by atoms with Crippen LogP contribution in [0.5, 0.6) is 5.75 Å². The Morgan fingerprint density at radius 1 is 1.39 bits per heavy atom. The van der Waals surface area contributed by atoms with Gasteiger partial charge in [-0.2, -0.15) is 0 Å². The zero-order valence-electron chi connectivity index (χ0n) is 10.8. The topological polar surface area (TPSA) is 38.3 Å². The second-order valence-electron chi connectivity index (χ2n) is 4.63. The SMILES string of the molecule is CNC1(c2ccc(OC)cc2Cl)CCCCC1=O. The molecule has 1 unspecified atom stereocenters. The summed E-state index contributed by atoms with van der Waals surface area (Å²) in [4.78, 5) is 12.3. The molecule has 18 heavy (non-hydrogen) atoms. The van der Waals surface area contributed by atoms with Crippen LogP contribution < -0.4 is 10.1 Å². The van der Waals surface area contributed by atoms with Crippen LogP contribution in [-0.4, -0.2) is 19.9 Å². The molecule has 1 aromatic carbocycles. The number of ketones is 1. The van der Waals surface area contributed by atoms with Crippen LogP contribution in [0.1, 0.15) is 31.2 Å². The number of rotatable bonds is 3. The lowest BCUT2D eigenvalue weighted by atomic mass is 9.75. The number of nitrogens with one attached hydrogen (secondary N) is 1. The van der Waals surface area contributed by atoms with Crippen molar-refractivity contribution in [2.75, 3.05) is 14.2 Å². The molecule has 0 saturated heterocycles. The third-order valence-electron chi connectivity index (χ3n) is 3.74. The summed E-state index contributed by atoms with van der Waals surface area (Å²) >= 11 is 6.30. The lowest BCUT2D eigenvalue weighted by molar-refractivity contribution is -0.127. The molecule has 1 N–H and O–H groups in total. The number of carbonyl (C=O) groups excluding carboxylic acids is 1. The molecule has 1 aliphatic carbocycles. The van der Waals surface area contributed by atoms with E-state index in [1.807, 2.05) is 19.2 Å². The van der Waals surface area contributed by atoms with Crippen LogP contribution in [0.2, 0.25) is 5.02 Å². The first kappa shape index (κ1) is 13.4. The summed E-state index contributed by atoms with van der Waals surface area (Å²) in [6.07, 6.45) is 3.42. The third kappa shape index (κ3) is 2.13. The van der Waals surface area contributed by atoms with E-state index in [4.69, 9.17) is 16.3 Å². The first-order valence-electron chi connectivity index (χ1n) is 6.20. The highest BCUT2D eigenvalue weighted by Gasteiger charge is 2.41. The fourth-order valence-electron chi connectivity index (χ4n) is 2.68. The minimum absolute atomic E-state index is 0.225. The number of Topliss-reactive ketones (excluding diaryl/α,β-unsaturated/α-hetero) is 1. The Hall–Kier alpha value is -1.06. The van der Waals surface area contributed by atoms with E-state index in [0.717, 1.165) is 24.8 Å². The van der Waals surface area contributed by atoms with Gasteiger partial charge in [-0.15, -0.1) is 0 Å². The zero-order chi connectivity index (χ0) is 13.2. The summed E-state index contributed by atoms with van der Waals surface area (Å²) < 4.78 is 5.14. The minimum Gasteiger partial charge on any atom is -0.497 e. The number of benzene rings is 1. The van der Waals surface area contributed by atoms with Gasteiger partial charge < -0.3 is 10.1 Å². The van der Waals surface area contributed by atoms with Crippen LogP contribution in [-0.2, 0) is 10.3 Å². The molecule has 0 spiro atoms. The molecule has 1 fully saturated rings. The number of hydrogen-bond donors (Lipinski definition) is 1. The van der Waals surface area contributed by atoms with Gasteiger partial charge in [0.2, 0.25) is 0 Å². The molecule has 1 aliphatic rings. The highest BCUT2D eigenvalue weighted by Crippen LogP contribution is 2.38. The van der Waals surface area contributed by atoms with Crippen LogP contribution in [0.15, 0.2) is 18.2 Å². The normalized spacial score (nSPS) is 24.1. The van der Waals surface area contributed by atoms with Crippen LogP contribution in [0.4, 0.5) is 0 Å². The van der Waals surface area contributed by atoms with Crippen molar-refractivity contribution < 1.29 is 9.53 Å². The van der Waals surface area contributed by atoms with E-state index in [1.165, 1.54) is 0 Å². The Kier molecular flexibility index (Phi) is 3.93. The Bertz CT molecular complexity index is 461. The van der Waals surface area contributed by atoms with E-state index in [2.05, 4.69) is 5.32 Å². The first-order chi connectivity index (χ1) is 8.64. The quantitative estimate of drug-likeness (QED) is 0.915. The van der Waals surface area contributed by atoms with Crippen molar-refractivity contribution in [1.82, 2.24) is 5.32 Å². The highest BCUT2D eigenvalue weighted by atomic mass is 35.5. The molecule has 0 bridgehead atoms. The molecule has 0 aliphatic heterocycles. The number of methoxy groups -OCH3 is 1. The Labute approximate surface area is 112 Å². The van der Waals surface area contributed by atoms with E-state index in [-0.39, 0.29) is 5.78 Å². The van der Waals surface area contributed by atoms with Crippen LogP contribution in [0.25, 0.3) is 0 Å². The van der Waals surface area contributed by atoms with Crippen molar-refractivity contribution in [1.29, 1.82) is 0 Å². The molecule has 98 valence electrons. The summed E-state index contributed by atoms with van der Waals surface area (Å²) in [5.74, 6) is 0.932. The van der Waals surface area contributed by atoms with Gasteiger partial charge in [-0.05, 0) is 37.6 Å². The van der Waals surface area contributed by atoms with Crippen LogP contribution in [0.3, 0.4) is 0 Å². The molecule has 4 heteroatoms. The summed E-state index contributed by atoms with van der Waals surface area (Å²) in [5, 5.41) is 3.77. The predicted octanol–water partition coefficient (Wildman–Crippen LogP) is 2.91. The van der Waals surface area contributed by atoms with Crippen molar-refractivity contribution in [2.45, 2.75) is 31.2 Å².